The maximum absolute atomic E-state index is 13.4. The largest absolute Gasteiger partial charge is 0.448 e. The maximum Gasteiger partial charge on any atom is 0.410 e. The minimum Gasteiger partial charge on any atom is -0.448 e. The highest BCUT2D eigenvalue weighted by atomic mass is 19.1. The van der Waals surface area contributed by atoms with E-state index in [9.17, 15) is 14.0 Å². The van der Waals surface area contributed by atoms with Crippen LogP contribution in [-0.4, -0.2) is 78.1 Å². The number of carbonyl (C=O) groups excluding carboxylic acids is 2. The standard InChI is InChI=1S/C20H24FN3O3/c21-15-3-1-13(2-4-15)16-11-24(17(25)12-23-9-10-27-20(23)26)18-14-5-7-22(8-6-14)19(16)18/h1-4,14,16,18-19H,5-12H2/t16-,18+,19+/m1/s1. The molecule has 2 amide bonds. The smallest absolute Gasteiger partial charge is 0.410 e. The van der Waals surface area contributed by atoms with Gasteiger partial charge in [0.05, 0.1) is 12.6 Å². The SMILES string of the molecule is O=C1OCCN1CC(=O)N1C[C@H](c2ccc(F)cc2)[C@H]2[C@@H]1C1CCN2CC1. The summed E-state index contributed by atoms with van der Waals surface area (Å²) in [6, 6.07) is 7.20. The van der Waals surface area contributed by atoms with Crippen LogP contribution in [0.2, 0.25) is 0 Å². The summed E-state index contributed by atoms with van der Waals surface area (Å²) in [6.45, 7) is 3.70. The Morgan fingerprint density at radius 2 is 1.85 bits per heavy atom. The monoisotopic (exact) mass is 373 g/mol. The second kappa shape index (κ2) is 6.48. The molecule has 27 heavy (non-hydrogen) atoms. The topological polar surface area (TPSA) is 53.1 Å². The van der Waals surface area contributed by atoms with E-state index in [2.05, 4.69) is 4.90 Å². The van der Waals surface area contributed by atoms with E-state index in [4.69, 9.17) is 4.74 Å². The molecule has 7 heteroatoms. The molecular weight excluding hydrogens is 349 g/mol. The first kappa shape index (κ1) is 17.0. The summed E-state index contributed by atoms with van der Waals surface area (Å²) < 4.78 is 18.4. The predicted molar refractivity (Wildman–Crippen MR) is 95.6 cm³/mol. The summed E-state index contributed by atoms with van der Waals surface area (Å²) in [7, 11) is 0. The summed E-state index contributed by atoms with van der Waals surface area (Å²) in [5.74, 6) is 0.467. The molecule has 2 bridgehead atoms. The number of hydrogen-bond acceptors (Lipinski definition) is 4. The lowest BCUT2D eigenvalue weighted by atomic mass is 9.75. The highest BCUT2D eigenvalue weighted by molar-refractivity contribution is 5.83. The molecule has 0 spiro atoms. The van der Waals surface area contributed by atoms with E-state index in [0.717, 1.165) is 31.5 Å². The minimum absolute atomic E-state index is 0.00205. The van der Waals surface area contributed by atoms with Gasteiger partial charge >= 0.3 is 6.09 Å². The number of likely N-dealkylation sites (tertiary alicyclic amines) is 1. The van der Waals surface area contributed by atoms with Crippen LogP contribution in [0.1, 0.15) is 24.3 Å². The first-order valence-electron chi connectivity index (χ1n) is 9.82. The average molecular weight is 373 g/mol. The van der Waals surface area contributed by atoms with Crippen molar-refractivity contribution in [1.82, 2.24) is 14.7 Å². The van der Waals surface area contributed by atoms with Crippen LogP contribution in [0.5, 0.6) is 0 Å². The molecule has 0 aromatic heterocycles. The molecule has 0 saturated carbocycles. The summed E-state index contributed by atoms with van der Waals surface area (Å²) in [4.78, 5) is 30.8. The number of benzene rings is 1. The predicted octanol–water partition coefficient (Wildman–Crippen LogP) is 1.67. The molecule has 0 radical (unpaired) electrons. The molecular formula is C20H24FN3O3. The number of carbonyl (C=O) groups is 2. The highest BCUT2D eigenvalue weighted by Crippen LogP contribution is 2.46. The van der Waals surface area contributed by atoms with Gasteiger partial charge in [-0.3, -0.25) is 14.6 Å². The van der Waals surface area contributed by atoms with E-state index in [1.165, 1.54) is 17.0 Å². The molecule has 6 nitrogen and oxygen atoms in total. The summed E-state index contributed by atoms with van der Waals surface area (Å²) in [5, 5.41) is 0. The van der Waals surface area contributed by atoms with Crippen molar-refractivity contribution in [3.63, 3.8) is 0 Å². The molecule has 0 N–H and O–H groups in total. The molecule has 5 heterocycles. The van der Waals surface area contributed by atoms with Crippen LogP contribution in [0.3, 0.4) is 0 Å². The van der Waals surface area contributed by atoms with Crippen LogP contribution in [-0.2, 0) is 9.53 Å². The molecule has 0 aliphatic carbocycles. The van der Waals surface area contributed by atoms with Gasteiger partial charge in [-0.15, -0.1) is 0 Å². The zero-order chi connectivity index (χ0) is 18.5. The lowest BCUT2D eigenvalue weighted by Crippen LogP contribution is -2.61. The number of fused-ring (bicyclic) bond motifs is 2. The Bertz CT molecular complexity index is 747. The molecule has 0 unspecified atom stereocenters. The Morgan fingerprint density at radius 1 is 1.11 bits per heavy atom. The molecule has 5 fully saturated rings. The van der Waals surface area contributed by atoms with Crippen molar-refractivity contribution in [2.75, 3.05) is 39.3 Å². The van der Waals surface area contributed by atoms with Crippen molar-refractivity contribution in [1.29, 1.82) is 0 Å². The fourth-order valence-electron chi connectivity index (χ4n) is 5.53. The van der Waals surface area contributed by atoms with Crippen molar-refractivity contribution < 1.29 is 18.7 Å². The van der Waals surface area contributed by atoms with Crippen LogP contribution in [0, 0.1) is 11.7 Å². The number of nitrogens with zero attached hydrogens (tertiary/aromatic N) is 3. The number of amides is 2. The van der Waals surface area contributed by atoms with Gasteiger partial charge in [0, 0.05) is 18.5 Å². The summed E-state index contributed by atoms with van der Waals surface area (Å²) in [5.41, 5.74) is 1.09. The molecule has 144 valence electrons. The van der Waals surface area contributed by atoms with Crippen molar-refractivity contribution in [3.05, 3.63) is 35.6 Å². The number of ether oxygens (including phenoxy) is 1. The first-order chi connectivity index (χ1) is 13.1. The van der Waals surface area contributed by atoms with Gasteiger partial charge in [0.15, 0.2) is 0 Å². The summed E-state index contributed by atoms with van der Waals surface area (Å²) >= 11 is 0. The fraction of sp³-hybridized carbons (Fsp3) is 0.600. The molecule has 1 aromatic carbocycles. The Labute approximate surface area is 157 Å². The number of halogens is 1. The second-order valence-corrected chi connectivity index (χ2v) is 8.09. The van der Waals surface area contributed by atoms with Gasteiger partial charge in [-0.25, -0.2) is 9.18 Å². The number of hydrogen-bond donors (Lipinski definition) is 0. The van der Waals surface area contributed by atoms with Crippen LogP contribution in [0.25, 0.3) is 0 Å². The maximum atomic E-state index is 13.4. The Hall–Kier alpha value is -2.15. The van der Waals surface area contributed by atoms with Gasteiger partial charge in [0.1, 0.15) is 19.0 Å². The zero-order valence-electron chi connectivity index (χ0n) is 15.2. The van der Waals surface area contributed by atoms with Crippen LogP contribution >= 0.6 is 0 Å². The van der Waals surface area contributed by atoms with Gasteiger partial charge in [-0.05, 0) is 49.5 Å². The van der Waals surface area contributed by atoms with Crippen molar-refractivity contribution in [3.8, 4) is 0 Å². The quantitative estimate of drug-likeness (QED) is 0.809. The molecule has 1 aromatic rings. The number of piperidine rings is 3. The second-order valence-electron chi connectivity index (χ2n) is 8.09. The van der Waals surface area contributed by atoms with Gasteiger partial charge in [-0.1, -0.05) is 12.1 Å². The third-order valence-corrected chi connectivity index (χ3v) is 6.78. The van der Waals surface area contributed by atoms with Crippen molar-refractivity contribution in [2.24, 2.45) is 5.92 Å². The van der Waals surface area contributed by atoms with Gasteiger partial charge < -0.3 is 9.64 Å². The summed E-state index contributed by atoms with van der Waals surface area (Å²) in [6.07, 6.45) is 1.84. The zero-order valence-corrected chi connectivity index (χ0v) is 15.2. The minimum atomic E-state index is -0.400. The van der Waals surface area contributed by atoms with Gasteiger partial charge in [0.2, 0.25) is 5.91 Å². The molecule has 6 rings (SSSR count). The average Bonchev–Trinajstić information content (AvgIpc) is 3.29. The Kier molecular flexibility index (Phi) is 4.07. The van der Waals surface area contributed by atoms with E-state index in [1.807, 2.05) is 17.0 Å². The van der Waals surface area contributed by atoms with E-state index in [1.54, 1.807) is 0 Å². The molecule has 5 aliphatic rings. The lowest BCUT2D eigenvalue weighted by Gasteiger charge is -2.51. The normalized spacial score (nSPS) is 34.7. The Morgan fingerprint density at radius 3 is 2.52 bits per heavy atom. The Balaban J connectivity index is 1.42. The van der Waals surface area contributed by atoms with Gasteiger partial charge in [-0.2, -0.15) is 0 Å². The third kappa shape index (κ3) is 2.79. The first-order valence-corrected chi connectivity index (χ1v) is 9.82. The van der Waals surface area contributed by atoms with Gasteiger partial charge in [0.25, 0.3) is 0 Å². The van der Waals surface area contributed by atoms with Crippen LogP contribution in [0.15, 0.2) is 24.3 Å². The highest BCUT2D eigenvalue weighted by Gasteiger charge is 2.54. The number of rotatable bonds is 3. The van der Waals surface area contributed by atoms with E-state index in [-0.39, 0.29) is 36.3 Å². The number of cyclic esters (lactones) is 1. The van der Waals surface area contributed by atoms with Crippen LogP contribution in [0.4, 0.5) is 9.18 Å². The fourth-order valence-corrected chi connectivity index (χ4v) is 5.53. The lowest BCUT2D eigenvalue weighted by molar-refractivity contribution is -0.136. The van der Waals surface area contributed by atoms with Crippen molar-refractivity contribution in [2.45, 2.75) is 30.8 Å². The molecule has 3 atom stereocenters. The molecule has 5 aliphatic heterocycles. The third-order valence-electron chi connectivity index (χ3n) is 6.78. The van der Waals surface area contributed by atoms with E-state index in [0.29, 0.717) is 25.6 Å². The van der Waals surface area contributed by atoms with Crippen LogP contribution < -0.4 is 0 Å². The molecule has 5 saturated heterocycles. The van der Waals surface area contributed by atoms with E-state index >= 15 is 0 Å². The van der Waals surface area contributed by atoms with E-state index < -0.39 is 6.09 Å². The van der Waals surface area contributed by atoms with Crippen molar-refractivity contribution >= 4 is 12.0 Å².